The minimum Gasteiger partial charge on any atom is -0.507 e. The molecule has 5 heteroatoms. The van der Waals surface area contributed by atoms with Crippen LogP contribution in [0.15, 0.2) is 64.2 Å². The second-order valence-electron chi connectivity index (χ2n) is 5.73. The number of hydrogen-bond donors (Lipinski definition) is 2. The normalized spacial score (nSPS) is 11.1. The first-order valence-corrected chi connectivity index (χ1v) is 8.62. The number of nitrogens with zero attached hydrogens (tertiary/aromatic N) is 1. The van der Waals surface area contributed by atoms with E-state index in [1.54, 1.807) is 6.07 Å². The lowest BCUT2D eigenvalue weighted by molar-refractivity contribution is -0.120. The lowest BCUT2D eigenvalue weighted by atomic mass is 10.0. The molecule has 0 aromatic heterocycles. The number of benzene rings is 3. The van der Waals surface area contributed by atoms with Crippen molar-refractivity contribution in [3.63, 3.8) is 0 Å². The molecule has 0 fully saturated rings. The summed E-state index contributed by atoms with van der Waals surface area (Å²) < 4.78 is 1.00. The highest BCUT2D eigenvalue weighted by molar-refractivity contribution is 9.10. The van der Waals surface area contributed by atoms with Crippen LogP contribution in [0.1, 0.15) is 16.7 Å². The van der Waals surface area contributed by atoms with Crippen LogP contribution in [-0.2, 0) is 11.2 Å². The van der Waals surface area contributed by atoms with Crippen LogP contribution in [-0.4, -0.2) is 17.2 Å². The topological polar surface area (TPSA) is 61.7 Å². The van der Waals surface area contributed by atoms with Crippen molar-refractivity contribution in [2.45, 2.75) is 13.3 Å². The molecule has 4 nitrogen and oxygen atoms in total. The first-order valence-electron chi connectivity index (χ1n) is 7.83. The van der Waals surface area contributed by atoms with Crippen LogP contribution in [0.5, 0.6) is 5.75 Å². The van der Waals surface area contributed by atoms with Gasteiger partial charge in [-0.05, 0) is 41.0 Å². The van der Waals surface area contributed by atoms with Crippen molar-refractivity contribution in [1.29, 1.82) is 0 Å². The molecule has 0 bridgehead atoms. The van der Waals surface area contributed by atoms with E-state index in [-0.39, 0.29) is 18.1 Å². The Balaban J connectivity index is 1.72. The van der Waals surface area contributed by atoms with Gasteiger partial charge in [-0.1, -0.05) is 58.4 Å². The number of amides is 1. The van der Waals surface area contributed by atoms with Gasteiger partial charge in [-0.15, -0.1) is 0 Å². The van der Waals surface area contributed by atoms with E-state index in [1.165, 1.54) is 6.21 Å². The number of carbonyl (C=O) groups is 1. The summed E-state index contributed by atoms with van der Waals surface area (Å²) >= 11 is 3.53. The fraction of sp³-hybridized carbons (Fsp3) is 0.100. The van der Waals surface area contributed by atoms with Crippen LogP contribution in [0.3, 0.4) is 0 Å². The van der Waals surface area contributed by atoms with Gasteiger partial charge in [0, 0.05) is 10.0 Å². The molecule has 0 spiro atoms. The third-order valence-electron chi connectivity index (χ3n) is 3.97. The average molecular weight is 397 g/mol. The molecule has 3 rings (SSSR count). The molecule has 2 N–H and O–H groups in total. The van der Waals surface area contributed by atoms with Crippen LogP contribution in [0.4, 0.5) is 0 Å². The minimum atomic E-state index is -0.212. The number of nitrogens with one attached hydrogen (secondary N) is 1. The van der Waals surface area contributed by atoms with Crippen LogP contribution in [0.2, 0.25) is 0 Å². The zero-order chi connectivity index (χ0) is 17.8. The molecule has 0 aliphatic carbocycles. The highest BCUT2D eigenvalue weighted by Crippen LogP contribution is 2.27. The molecular weight excluding hydrogens is 380 g/mol. The Morgan fingerprint density at radius 1 is 1.12 bits per heavy atom. The zero-order valence-electron chi connectivity index (χ0n) is 13.7. The van der Waals surface area contributed by atoms with E-state index in [0.717, 1.165) is 26.4 Å². The molecule has 1 amide bonds. The van der Waals surface area contributed by atoms with Gasteiger partial charge in [0.05, 0.1) is 12.6 Å². The van der Waals surface area contributed by atoms with Crippen LogP contribution < -0.4 is 5.43 Å². The minimum absolute atomic E-state index is 0.166. The number of hydrogen-bond acceptors (Lipinski definition) is 3. The van der Waals surface area contributed by atoms with E-state index in [0.29, 0.717) is 5.56 Å². The van der Waals surface area contributed by atoms with E-state index >= 15 is 0 Å². The molecular formula is C20H17BrN2O2. The van der Waals surface area contributed by atoms with Crippen molar-refractivity contribution in [3.05, 3.63) is 75.8 Å². The summed E-state index contributed by atoms with van der Waals surface area (Å²) in [7, 11) is 0. The summed E-state index contributed by atoms with van der Waals surface area (Å²) in [4.78, 5) is 12.2. The first-order chi connectivity index (χ1) is 12.1. The van der Waals surface area contributed by atoms with Gasteiger partial charge in [-0.3, -0.25) is 4.79 Å². The molecule has 0 unspecified atom stereocenters. The van der Waals surface area contributed by atoms with Gasteiger partial charge in [-0.25, -0.2) is 5.43 Å². The molecule has 0 radical (unpaired) electrons. The number of halogens is 1. The van der Waals surface area contributed by atoms with E-state index < -0.39 is 0 Å². The third-order valence-corrected chi connectivity index (χ3v) is 4.67. The third kappa shape index (κ3) is 3.88. The monoisotopic (exact) mass is 396 g/mol. The second kappa shape index (κ2) is 7.49. The molecule has 0 saturated carbocycles. The summed E-state index contributed by atoms with van der Waals surface area (Å²) in [5, 5.41) is 16.0. The maximum atomic E-state index is 12.2. The van der Waals surface area contributed by atoms with Gasteiger partial charge in [-0.2, -0.15) is 5.10 Å². The lowest BCUT2D eigenvalue weighted by Gasteiger charge is -2.07. The summed E-state index contributed by atoms with van der Waals surface area (Å²) in [5.41, 5.74) is 4.77. The molecule has 126 valence electrons. The Hall–Kier alpha value is -2.66. The maximum absolute atomic E-state index is 12.2. The number of para-hydroxylation sites is 1. The number of aryl methyl sites for hydroxylation is 1. The zero-order valence-corrected chi connectivity index (χ0v) is 15.2. The molecule has 3 aromatic carbocycles. The molecule has 3 aromatic rings. The van der Waals surface area contributed by atoms with E-state index in [1.807, 2.05) is 55.5 Å². The molecule has 0 saturated heterocycles. The molecule has 0 aliphatic heterocycles. The Morgan fingerprint density at radius 2 is 1.88 bits per heavy atom. The Bertz CT molecular complexity index is 967. The van der Waals surface area contributed by atoms with E-state index in [2.05, 4.69) is 26.5 Å². The summed E-state index contributed by atoms with van der Waals surface area (Å²) in [6.45, 7) is 1.81. The Labute approximate surface area is 154 Å². The quantitative estimate of drug-likeness (QED) is 0.509. The Morgan fingerprint density at radius 3 is 2.68 bits per heavy atom. The highest BCUT2D eigenvalue weighted by atomic mass is 79.9. The van der Waals surface area contributed by atoms with Gasteiger partial charge in [0.1, 0.15) is 5.75 Å². The maximum Gasteiger partial charge on any atom is 0.244 e. The summed E-state index contributed by atoms with van der Waals surface area (Å²) in [5.74, 6) is -0.0460. The van der Waals surface area contributed by atoms with Crippen molar-refractivity contribution in [2.24, 2.45) is 5.10 Å². The van der Waals surface area contributed by atoms with Crippen molar-refractivity contribution >= 4 is 38.8 Å². The number of rotatable bonds is 4. The Kier molecular flexibility index (Phi) is 5.14. The predicted molar refractivity (Wildman–Crippen MR) is 104 cm³/mol. The number of phenols is 1. The smallest absolute Gasteiger partial charge is 0.244 e. The molecule has 25 heavy (non-hydrogen) atoms. The number of aromatic hydroxyl groups is 1. The molecule has 0 atom stereocenters. The first kappa shape index (κ1) is 17.2. The fourth-order valence-corrected chi connectivity index (χ4v) is 3.13. The molecule has 0 aliphatic rings. The molecule has 0 heterocycles. The van der Waals surface area contributed by atoms with Crippen molar-refractivity contribution in [1.82, 2.24) is 5.43 Å². The van der Waals surface area contributed by atoms with Crippen LogP contribution >= 0.6 is 15.9 Å². The van der Waals surface area contributed by atoms with Gasteiger partial charge < -0.3 is 5.11 Å². The van der Waals surface area contributed by atoms with E-state index in [4.69, 9.17) is 0 Å². The SMILES string of the molecule is Cc1cccc(/C=N\NC(=O)Cc2ccc(Br)c3ccccc23)c1O. The van der Waals surface area contributed by atoms with Gasteiger partial charge in [0.15, 0.2) is 0 Å². The number of phenolic OH excluding ortho intramolecular Hbond substituents is 1. The number of hydrazone groups is 1. The van der Waals surface area contributed by atoms with Gasteiger partial charge in [0.25, 0.3) is 0 Å². The summed E-state index contributed by atoms with van der Waals surface area (Å²) in [6, 6.07) is 17.2. The van der Waals surface area contributed by atoms with Crippen LogP contribution in [0, 0.1) is 6.92 Å². The summed E-state index contributed by atoms with van der Waals surface area (Å²) in [6.07, 6.45) is 1.67. The van der Waals surface area contributed by atoms with Gasteiger partial charge in [0.2, 0.25) is 5.91 Å². The predicted octanol–water partition coefficient (Wildman–Crippen LogP) is 4.31. The van der Waals surface area contributed by atoms with Crippen molar-refractivity contribution < 1.29 is 9.90 Å². The van der Waals surface area contributed by atoms with Gasteiger partial charge >= 0.3 is 0 Å². The number of fused-ring (bicyclic) bond motifs is 1. The average Bonchev–Trinajstić information content (AvgIpc) is 2.61. The number of carbonyl (C=O) groups excluding carboxylic acids is 1. The second-order valence-corrected chi connectivity index (χ2v) is 6.59. The van der Waals surface area contributed by atoms with Crippen LogP contribution in [0.25, 0.3) is 10.8 Å². The lowest BCUT2D eigenvalue weighted by Crippen LogP contribution is -2.19. The van der Waals surface area contributed by atoms with E-state index in [9.17, 15) is 9.90 Å². The van der Waals surface area contributed by atoms with Crippen molar-refractivity contribution in [2.75, 3.05) is 0 Å². The highest BCUT2D eigenvalue weighted by Gasteiger charge is 2.08. The fourth-order valence-electron chi connectivity index (χ4n) is 2.65. The standard InChI is InChI=1S/C20H17BrN2O2/c1-13-5-4-6-15(20(13)25)12-22-23-19(24)11-14-9-10-18(21)17-8-3-2-7-16(14)17/h2-10,12,25H,11H2,1H3,(H,23,24)/b22-12-. The largest absolute Gasteiger partial charge is 0.507 e. The van der Waals surface area contributed by atoms with Crippen molar-refractivity contribution in [3.8, 4) is 5.75 Å².